The third kappa shape index (κ3) is 3.74. The van der Waals surface area contributed by atoms with Gasteiger partial charge < -0.3 is 0 Å². The molecule has 0 N–H and O–H groups in total. The lowest BCUT2D eigenvalue weighted by molar-refractivity contribution is 0.285. The van der Waals surface area contributed by atoms with Crippen LogP contribution in [0.3, 0.4) is 0 Å². The molecule has 3 nitrogen and oxygen atoms in total. The van der Waals surface area contributed by atoms with Crippen molar-refractivity contribution >= 4 is 21.6 Å². The van der Waals surface area contributed by atoms with Gasteiger partial charge in [0.15, 0.2) is 0 Å². The Hall–Kier alpha value is -0.580. The van der Waals surface area contributed by atoms with Crippen molar-refractivity contribution in [2.24, 2.45) is 5.92 Å². The highest BCUT2D eigenvalue weighted by Gasteiger charge is 2.32. The standard InChI is InChI=1S/C15H22ClNO2S/c1-12-10-17(9-8-15(12)16)20(18,19)11-13(2)14-6-4-3-5-7-14/h3-7,12-13,15H,8-11H2,1-2H3. The van der Waals surface area contributed by atoms with Crippen molar-refractivity contribution in [3.05, 3.63) is 35.9 Å². The van der Waals surface area contributed by atoms with Gasteiger partial charge in [0.05, 0.1) is 5.75 Å². The molecule has 1 aliphatic heterocycles. The molecule has 5 heteroatoms. The molecule has 1 saturated heterocycles. The summed E-state index contributed by atoms with van der Waals surface area (Å²) in [4.78, 5) is 0. The van der Waals surface area contributed by atoms with Gasteiger partial charge in [0.1, 0.15) is 0 Å². The zero-order valence-electron chi connectivity index (χ0n) is 12.0. The minimum atomic E-state index is -3.21. The molecule has 0 radical (unpaired) electrons. The van der Waals surface area contributed by atoms with E-state index < -0.39 is 10.0 Å². The second-order valence-electron chi connectivity index (χ2n) is 5.73. The van der Waals surface area contributed by atoms with Crippen LogP contribution in [0.1, 0.15) is 31.7 Å². The first kappa shape index (κ1) is 15.8. The molecule has 1 aromatic carbocycles. The van der Waals surface area contributed by atoms with Crippen LogP contribution in [0.25, 0.3) is 0 Å². The smallest absolute Gasteiger partial charge is 0.212 e. The van der Waals surface area contributed by atoms with E-state index in [9.17, 15) is 8.42 Å². The lowest BCUT2D eigenvalue weighted by Crippen LogP contribution is -2.44. The van der Waals surface area contributed by atoms with E-state index in [0.717, 1.165) is 12.0 Å². The van der Waals surface area contributed by atoms with Crippen LogP contribution < -0.4 is 0 Å². The van der Waals surface area contributed by atoms with E-state index in [4.69, 9.17) is 11.6 Å². The van der Waals surface area contributed by atoms with Gasteiger partial charge in [-0.2, -0.15) is 0 Å². The van der Waals surface area contributed by atoms with E-state index in [2.05, 4.69) is 0 Å². The maximum Gasteiger partial charge on any atom is 0.214 e. The molecule has 3 unspecified atom stereocenters. The Bertz CT molecular complexity index is 532. The Morgan fingerprint density at radius 2 is 2.00 bits per heavy atom. The largest absolute Gasteiger partial charge is 0.214 e. The van der Waals surface area contributed by atoms with Gasteiger partial charge in [-0.1, -0.05) is 44.2 Å². The van der Waals surface area contributed by atoms with E-state index in [-0.39, 0.29) is 23.0 Å². The molecule has 1 aromatic rings. The Morgan fingerprint density at radius 1 is 1.35 bits per heavy atom. The van der Waals surface area contributed by atoms with E-state index >= 15 is 0 Å². The number of piperidine rings is 1. The minimum Gasteiger partial charge on any atom is -0.212 e. The second-order valence-corrected chi connectivity index (χ2v) is 8.30. The van der Waals surface area contributed by atoms with E-state index in [1.54, 1.807) is 4.31 Å². The third-order valence-corrected chi connectivity index (χ3v) is 6.67. The van der Waals surface area contributed by atoms with Crippen LogP contribution in [0, 0.1) is 5.92 Å². The Balaban J connectivity index is 2.04. The zero-order chi connectivity index (χ0) is 14.8. The molecule has 20 heavy (non-hydrogen) atoms. The molecule has 0 bridgehead atoms. The van der Waals surface area contributed by atoms with Crippen LogP contribution in [-0.2, 0) is 10.0 Å². The zero-order valence-corrected chi connectivity index (χ0v) is 13.6. The first-order chi connectivity index (χ1) is 9.40. The molecule has 0 spiro atoms. The summed E-state index contributed by atoms with van der Waals surface area (Å²) in [5, 5.41) is 0.0907. The summed E-state index contributed by atoms with van der Waals surface area (Å²) in [5.41, 5.74) is 1.07. The van der Waals surface area contributed by atoms with Crippen molar-refractivity contribution in [3.8, 4) is 0 Å². The van der Waals surface area contributed by atoms with Crippen molar-refractivity contribution in [1.29, 1.82) is 0 Å². The summed E-state index contributed by atoms with van der Waals surface area (Å²) in [6.45, 7) is 5.06. The summed E-state index contributed by atoms with van der Waals surface area (Å²) in [6, 6.07) is 9.79. The molecule has 0 saturated carbocycles. The molecule has 0 aromatic heterocycles. The molecule has 112 valence electrons. The normalized spacial score (nSPS) is 26.4. The lowest BCUT2D eigenvalue weighted by atomic mass is 10.0. The van der Waals surface area contributed by atoms with Gasteiger partial charge in [-0.05, 0) is 23.8 Å². The van der Waals surface area contributed by atoms with Gasteiger partial charge in [0, 0.05) is 18.5 Å². The van der Waals surface area contributed by atoms with E-state index in [0.29, 0.717) is 13.1 Å². The average Bonchev–Trinajstić information content (AvgIpc) is 2.42. The minimum absolute atomic E-state index is 0.00484. The van der Waals surface area contributed by atoms with Gasteiger partial charge in [0.25, 0.3) is 0 Å². The van der Waals surface area contributed by atoms with Crippen LogP contribution in [0.4, 0.5) is 0 Å². The van der Waals surface area contributed by atoms with Crippen LogP contribution >= 0.6 is 11.6 Å². The second kappa shape index (κ2) is 6.46. The van der Waals surface area contributed by atoms with Crippen molar-refractivity contribution in [2.75, 3.05) is 18.8 Å². The number of benzene rings is 1. The maximum absolute atomic E-state index is 12.5. The van der Waals surface area contributed by atoms with Crippen LogP contribution in [-0.4, -0.2) is 36.9 Å². The number of nitrogens with zero attached hydrogens (tertiary/aromatic N) is 1. The van der Waals surface area contributed by atoms with Crippen molar-refractivity contribution in [2.45, 2.75) is 31.6 Å². The molecular weight excluding hydrogens is 294 g/mol. The number of hydrogen-bond donors (Lipinski definition) is 0. The fourth-order valence-corrected chi connectivity index (χ4v) is 4.69. The highest BCUT2D eigenvalue weighted by molar-refractivity contribution is 7.89. The summed E-state index contributed by atoms with van der Waals surface area (Å²) in [6.07, 6.45) is 0.738. The highest BCUT2D eigenvalue weighted by Crippen LogP contribution is 2.26. The fourth-order valence-electron chi connectivity index (χ4n) is 2.63. The quantitative estimate of drug-likeness (QED) is 0.801. The molecule has 2 rings (SSSR count). The molecule has 1 fully saturated rings. The number of hydrogen-bond acceptors (Lipinski definition) is 2. The summed E-state index contributed by atoms with van der Waals surface area (Å²) >= 11 is 6.16. The van der Waals surface area contributed by atoms with Crippen molar-refractivity contribution in [1.82, 2.24) is 4.31 Å². The van der Waals surface area contributed by atoms with Crippen molar-refractivity contribution in [3.63, 3.8) is 0 Å². The van der Waals surface area contributed by atoms with Crippen LogP contribution in [0.5, 0.6) is 0 Å². The van der Waals surface area contributed by atoms with Gasteiger partial charge >= 0.3 is 0 Å². The lowest BCUT2D eigenvalue weighted by Gasteiger charge is -2.33. The maximum atomic E-state index is 12.5. The van der Waals surface area contributed by atoms with Gasteiger partial charge in [-0.15, -0.1) is 11.6 Å². The van der Waals surface area contributed by atoms with E-state index in [1.165, 1.54) is 0 Å². The number of sulfonamides is 1. The van der Waals surface area contributed by atoms with Crippen molar-refractivity contribution < 1.29 is 8.42 Å². The van der Waals surface area contributed by atoms with Crippen LogP contribution in [0.2, 0.25) is 0 Å². The molecule has 1 heterocycles. The van der Waals surface area contributed by atoms with E-state index in [1.807, 2.05) is 44.2 Å². The number of halogens is 1. The fraction of sp³-hybridized carbons (Fsp3) is 0.600. The van der Waals surface area contributed by atoms with Crippen LogP contribution in [0.15, 0.2) is 30.3 Å². The Kier molecular flexibility index (Phi) is 5.10. The monoisotopic (exact) mass is 315 g/mol. The number of rotatable bonds is 4. The summed E-state index contributed by atoms with van der Waals surface area (Å²) in [7, 11) is -3.21. The predicted molar refractivity (Wildman–Crippen MR) is 83.6 cm³/mol. The average molecular weight is 316 g/mol. The summed E-state index contributed by atoms with van der Waals surface area (Å²) in [5.74, 6) is 0.383. The Labute approximate surface area is 127 Å². The first-order valence-electron chi connectivity index (χ1n) is 7.07. The topological polar surface area (TPSA) is 37.4 Å². The third-order valence-electron chi connectivity index (χ3n) is 3.99. The molecule has 0 aliphatic carbocycles. The SMILES string of the molecule is CC(CS(=O)(=O)N1CCC(Cl)C(C)C1)c1ccccc1. The predicted octanol–water partition coefficient (Wildman–Crippen LogP) is 3.07. The van der Waals surface area contributed by atoms with Gasteiger partial charge in [-0.25, -0.2) is 12.7 Å². The first-order valence-corrected chi connectivity index (χ1v) is 9.11. The van der Waals surface area contributed by atoms with Gasteiger partial charge in [0.2, 0.25) is 10.0 Å². The van der Waals surface area contributed by atoms with Gasteiger partial charge in [-0.3, -0.25) is 0 Å². The molecule has 1 aliphatic rings. The highest BCUT2D eigenvalue weighted by atomic mass is 35.5. The number of alkyl halides is 1. The molecule has 3 atom stereocenters. The molecular formula is C15H22ClNO2S. The summed E-state index contributed by atoms with van der Waals surface area (Å²) < 4.78 is 26.6. The Morgan fingerprint density at radius 3 is 2.60 bits per heavy atom. The molecule has 0 amide bonds.